The maximum atomic E-state index is 12.3. The first-order chi connectivity index (χ1) is 15.7. The molecule has 0 bridgehead atoms. The van der Waals surface area contributed by atoms with Crippen molar-refractivity contribution >= 4 is 28.7 Å². The second-order valence-electron chi connectivity index (χ2n) is 9.29. The van der Waals surface area contributed by atoms with Gasteiger partial charge in [0.1, 0.15) is 16.9 Å². The number of benzene rings is 2. The molecule has 0 aliphatic heterocycles. The predicted molar refractivity (Wildman–Crippen MR) is 128 cm³/mol. The van der Waals surface area contributed by atoms with Crippen molar-refractivity contribution in [2.45, 2.75) is 51.7 Å². The lowest BCUT2D eigenvalue weighted by Gasteiger charge is -2.30. The monoisotopic (exact) mass is 450 g/mol. The maximum absolute atomic E-state index is 12.3. The van der Waals surface area contributed by atoms with E-state index in [1.807, 2.05) is 57.2 Å². The fraction of sp³-hybridized carbons (Fsp3) is 0.385. The van der Waals surface area contributed by atoms with Crippen LogP contribution in [-0.2, 0) is 9.47 Å². The van der Waals surface area contributed by atoms with Crippen LogP contribution in [-0.4, -0.2) is 36.5 Å². The van der Waals surface area contributed by atoms with Crippen molar-refractivity contribution < 1.29 is 23.8 Å². The Bertz CT molecular complexity index is 1180. The Kier molecular flexibility index (Phi) is 6.06. The third-order valence-electron chi connectivity index (χ3n) is 5.83. The average molecular weight is 451 g/mol. The van der Waals surface area contributed by atoms with E-state index in [4.69, 9.17) is 14.2 Å². The first-order valence-electron chi connectivity index (χ1n) is 11.1. The minimum Gasteiger partial charge on any atom is -0.496 e. The number of nitrogens with one attached hydrogen (secondary N) is 1. The molecule has 0 unspecified atom stereocenters. The number of hydrogen-bond donors (Lipinski definition) is 1. The maximum Gasteiger partial charge on any atom is 0.412 e. The molecule has 0 saturated heterocycles. The summed E-state index contributed by atoms with van der Waals surface area (Å²) in [6, 6.07) is 13.9. The van der Waals surface area contributed by atoms with Crippen LogP contribution in [0.25, 0.3) is 22.2 Å². The zero-order chi connectivity index (χ0) is 23.8. The molecule has 1 aliphatic rings. The summed E-state index contributed by atoms with van der Waals surface area (Å²) in [6.45, 7) is 5.49. The third kappa shape index (κ3) is 4.67. The van der Waals surface area contributed by atoms with Crippen LogP contribution >= 0.6 is 0 Å². The van der Waals surface area contributed by atoms with Crippen molar-refractivity contribution in [2.75, 3.05) is 19.5 Å². The first-order valence-corrected chi connectivity index (χ1v) is 11.1. The molecule has 174 valence electrons. The Labute approximate surface area is 193 Å². The van der Waals surface area contributed by atoms with Gasteiger partial charge in [0.2, 0.25) is 0 Å². The van der Waals surface area contributed by atoms with Crippen molar-refractivity contribution in [2.24, 2.45) is 0 Å². The van der Waals surface area contributed by atoms with E-state index in [0.717, 1.165) is 35.0 Å². The fourth-order valence-electron chi connectivity index (χ4n) is 4.10. The lowest BCUT2D eigenvalue weighted by molar-refractivity contribution is 0.0594. The predicted octanol–water partition coefficient (Wildman–Crippen LogP) is 6.18. The van der Waals surface area contributed by atoms with Crippen molar-refractivity contribution in [1.29, 1.82) is 0 Å². The highest BCUT2D eigenvalue weighted by atomic mass is 16.6. The van der Waals surface area contributed by atoms with E-state index in [1.165, 1.54) is 13.5 Å². The molecule has 0 atom stereocenters. The molecule has 3 aromatic rings. The number of nitrogens with zero attached hydrogens (tertiary/aromatic N) is 1. The Hall–Kier alpha value is -3.48. The Morgan fingerprint density at radius 2 is 1.73 bits per heavy atom. The molecule has 1 N–H and O–H groups in total. The number of esters is 1. The van der Waals surface area contributed by atoms with Gasteiger partial charge in [-0.25, -0.2) is 9.59 Å². The number of fused-ring (bicyclic) bond motifs is 1. The molecule has 4 rings (SSSR count). The highest BCUT2D eigenvalue weighted by Gasteiger charge is 2.26. The Balaban J connectivity index is 1.72. The Morgan fingerprint density at radius 3 is 2.27 bits per heavy atom. The van der Waals surface area contributed by atoms with Crippen molar-refractivity contribution in [3.8, 4) is 17.0 Å². The average Bonchev–Trinajstić information content (AvgIpc) is 3.08. The zero-order valence-corrected chi connectivity index (χ0v) is 19.7. The van der Waals surface area contributed by atoms with Crippen LogP contribution in [0.2, 0.25) is 0 Å². The van der Waals surface area contributed by atoms with Crippen molar-refractivity contribution in [3.63, 3.8) is 0 Å². The molecule has 1 aromatic heterocycles. The van der Waals surface area contributed by atoms with E-state index >= 15 is 0 Å². The van der Waals surface area contributed by atoms with Crippen LogP contribution < -0.4 is 10.1 Å². The summed E-state index contributed by atoms with van der Waals surface area (Å²) in [4.78, 5) is 24.4. The van der Waals surface area contributed by atoms with Gasteiger partial charge in [-0.1, -0.05) is 12.1 Å². The van der Waals surface area contributed by atoms with E-state index in [0.29, 0.717) is 23.0 Å². The minimum atomic E-state index is -0.558. The number of amides is 1. The number of anilines is 1. The molecule has 1 aliphatic carbocycles. The standard InChI is InChI=1S/C26H30N2O5/c1-26(2,3)33-25(30)27-18-11-9-16(10-12-18)21-13-17-14-23(31-4)20(24(29)32-5)15-22(17)28(21)19-7-6-8-19/h9-15,19H,6-8H2,1-5H3,(H,27,30). The molecule has 7 nitrogen and oxygen atoms in total. The largest absolute Gasteiger partial charge is 0.496 e. The first kappa shape index (κ1) is 22.7. The molecule has 1 saturated carbocycles. The third-order valence-corrected chi connectivity index (χ3v) is 5.83. The van der Waals surface area contributed by atoms with Crippen LogP contribution in [0.5, 0.6) is 5.75 Å². The van der Waals surface area contributed by atoms with Crippen molar-refractivity contribution in [1.82, 2.24) is 4.57 Å². The van der Waals surface area contributed by atoms with Gasteiger partial charge in [-0.15, -0.1) is 0 Å². The smallest absolute Gasteiger partial charge is 0.412 e. The number of methoxy groups -OCH3 is 2. The summed E-state index contributed by atoms with van der Waals surface area (Å²) in [7, 11) is 2.92. The van der Waals surface area contributed by atoms with Gasteiger partial charge >= 0.3 is 12.1 Å². The highest BCUT2D eigenvalue weighted by molar-refractivity contribution is 5.99. The summed E-state index contributed by atoms with van der Waals surface area (Å²) in [5, 5.41) is 3.77. The molecule has 0 radical (unpaired) electrons. The van der Waals surface area contributed by atoms with Crippen LogP contribution in [0.3, 0.4) is 0 Å². The number of rotatable bonds is 5. The zero-order valence-electron chi connectivity index (χ0n) is 19.7. The summed E-state index contributed by atoms with van der Waals surface area (Å²) in [6.07, 6.45) is 2.88. The van der Waals surface area contributed by atoms with E-state index in [1.54, 1.807) is 7.11 Å². The fourth-order valence-corrected chi connectivity index (χ4v) is 4.10. The van der Waals surface area contributed by atoms with Gasteiger partial charge in [0.05, 0.1) is 14.2 Å². The van der Waals surface area contributed by atoms with Crippen LogP contribution in [0, 0.1) is 0 Å². The van der Waals surface area contributed by atoms with Gasteiger partial charge in [-0.3, -0.25) is 5.32 Å². The van der Waals surface area contributed by atoms with E-state index in [-0.39, 0.29) is 0 Å². The van der Waals surface area contributed by atoms with Gasteiger partial charge in [0, 0.05) is 28.3 Å². The second kappa shape index (κ2) is 8.81. The quantitative estimate of drug-likeness (QED) is 0.470. The van der Waals surface area contributed by atoms with Gasteiger partial charge in [-0.2, -0.15) is 0 Å². The number of carbonyl (C=O) groups is 2. The van der Waals surface area contributed by atoms with Gasteiger partial charge in [-0.05, 0) is 75.9 Å². The number of hydrogen-bond acceptors (Lipinski definition) is 5. The Morgan fingerprint density at radius 1 is 1.03 bits per heavy atom. The van der Waals surface area contributed by atoms with Gasteiger partial charge in [0.25, 0.3) is 0 Å². The molecule has 1 fully saturated rings. The molecule has 0 spiro atoms. The molecule has 7 heteroatoms. The molecular formula is C26H30N2O5. The topological polar surface area (TPSA) is 78.8 Å². The summed E-state index contributed by atoms with van der Waals surface area (Å²) < 4.78 is 18.1. The number of carbonyl (C=O) groups excluding carboxylic acids is 2. The normalized spacial score (nSPS) is 14.0. The van der Waals surface area contributed by atoms with Gasteiger partial charge < -0.3 is 18.8 Å². The molecular weight excluding hydrogens is 420 g/mol. The SMILES string of the molecule is COC(=O)c1cc2c(cc1OC)cc(-c1ccc(NC(=O)OC(C)(C)C)cc1)n2C1CCC1. The summed E-state index contributed by atoms with van der Waals surface area (Å²) in [5.41, 5.74) is 3.57. The highest BCUT2D eigenvalue weighted by Crippen LogP contribution is 2.41. The lowest BCUT2D eigenvalue weighted by Crippen LogP contribution is -2.27. The minimum absolute atomic E-state index is 0.371. The number of aromatic nitrogens is 1. The molecule has 2 aromatic carbocycles. The molecule has 1 amide bonds. The van der Waals surface area contributed by atoms with Gasteiger partial charge in [0.15, 0.2) is 0 Å². The van der Waals surface area contributed by atoms with E-state index in [9.17, 15) is 9.59 Å². The molecule has 33 heavy (non-hydrogen) atoms. The second-order valence-corrected chi connectivity index (χ2v) is 9.29. The number of ether oxygens (including phenoxy) is 3. The van der Waals surface area contributed by atoms with E-state index < -0.39 is 17.7 Å². The van der Waals surface area contributed by atoms with Crippen LogP contribution in [0.4, 0.5) is 10.5 Å². The van der Waals surface area contributed by atoms with Crippen LogP contribution in [0.1, 0.15) is 56.4 Å². The lowest BCUT2D eigenvalue weighted by atomic mass is 9.92. The summed E-state index contributed by atoms with van der Waals surface area (Å²) >= 11 is 0. The summed E-state index contributed by atoms with van der Waals surface area (Å²) in [5.74, 6) is 0.0674. The van der Waals surface area contributed by atoms with Crippen molar-refractivity contribution in [3.05, 3.63) is 48.0 Å². The molecule has 1 heterocycles. The van der Waals surface area contributed by atoms with Crippen LogP contribution in [0.15, 0.2) is 42.5 Å². The van der Waals surface area contributed by atoms with E-state index in [2.05, 4.69) is 16.0 Å².